The van der Waals surface area contributed by atoms with Gasteiger partial charge in [-0.2, -0.15) is 0 Å². The number of thiophene rings is 1. The van der Waals surface area contributed by atoms with Gasteiger partial charge in [-0.05, 0) is 58.4 Å². The fourth-order valence-electron chi connectivity index (χ4n) is 1.60. The molecule has 1 aromatic carbocycles. The topological polar surface area (TPSA) is 32.3 Å². The van der Waals surface area contributed by atoms with Crippen LogP contribution < -0.4 is 10.2 Å². The molecule has 0 radical (unpaired) electrons. The molecule has 1 aromatic heterocycles. The first kappa shape index (κ1) is 14.8. The highest BCUT2D eigenvalue weighted by molar-refractivity contribution is 9.11. The van der Waals surface area contributed by atoms with Gasteiger partial charge in [-0.25, -0.2) is 0 Å². The van der Waals surface area contributed by atoms with E-state index in [2.05, 4.69) is 21.2 Å². The fraction of sp³-hybridized carbons (Fsp3) is 0.133. The van der Waals surface area contributed by atoms with Gasteiger partial charge in [0, 0.05) is 36.4 Å². The van der Waals surface area contributed by atoms with Crippen LogP contribution in [0.5, 0.6) is 0 Å². The van der Waals surface area contributed by atoms with E-state index in [0.717, 1.165) is 20.0 Å². The summed E-state index contributed by atoms with van der Waals surface area (Å²) in [5, 5.41) is 2.83. The van der Waals surface area contributed by atoms with Crippen LogP contribution in [0.2, 0.25) is 0 Å². The Labute approximate surface area is 131 Å². The summed E-state index contributed by atoms with van der Waals surface area (Å²) in [6.45, 7) is 0. The van der Waals surface area contributed by atoms with Gasteiger partial charge in [-0.15, -0.1) is 11.3 Å². The number of rotatable bonds is 4. The smallest absolute Gasteiger partial charge is 0.248 e. The van der Waals surface area contributed by atoms with Crippen molar-refractivity contribution < 1.29 is 4.79 Å². The maximum atomic E-state index is 11.8. The van der Waals surface area contributed by atoms with Gasteiger partial charge in [-0.3, -0.25) is 4.79 Å². The third-order valence-electron chi connectivity index (χ3n) is 2.64. The van der Waals surface area contributed by atoms with Crippen LogP contribution in [-0.2, 0) is 4.79 Å². The molecule has 5 heteroatoms. The van der Waals surface area contributed by atoms with Gasteiger partial charge in [0.05, 0.1) is 3.79 Å². The molecule has 0 atom stereocenters. The molecule has 0 spiro atoms. The molecule has 0 bridgehead atoms. The van der Waals surface area contributed by atoms with Gasteiger partial charge in [0.15, 0.2) is 0 Å². The van der Waals surface area contributed by atoms with Crippen molar-refractivity contribution in [1.29, 1.82) is 0 Å². The van der Waals surface area contributed by atoms with E-state index in [1.54, 1.807) is 17.4 Å². The molecular formula is C15H15BrN2OS. The second-order valence-electron chi connectivity index (χ2n) is 4.41. The van der Waals surface area contributed by atoms with Crippen LogP contribution in [0.4, 0.5) is 11.4 Å². The molecule has 104 valence electrons. The summed E-state index contributed by atoms with van der Waals surface area (Å²) < 4.78 is 1.05. The van der Waals surface area contributed by atoms with Gasteiger partial charge in [0.2, 0.25) is 5.91 Å². The molecule has 0 aliphatic carbocycles. The Morgan fingerprint density at radius 1 is 1.20 bits per heavy atom. The molecule has 1 amide bonds. The summed E-state index contributed by atoms with van der Waals surface area (Å²) in [7, 11) is 3.96. The molecular weight excluding hydrogens is 336 g/mol. The van der Waals surface area contributed by atoms with E-state index in [1.807, 2.05) is 55.4 Å². The van der Waals surface area contributed by atoms with Crippen molar-refractivity contribution in [3.05, 3.63) is 51.1 Å². The number of nitrogens with one attached hydrogen (secondary N) is 1. The maximum Gasteiger partial charge on any atom is 0.248 e. The molecule has 20 heavy (non-hydrogen) atoms. The Kier molecular flexibility index (Phi) is 4.98. The largest absolute Gasteiger partial charge is 0.378 e. The number of halogens is 1. The molecule has 0 unspecified atom stereocenters. The third kappa shape index (κ3) is 4.21. The Bertz CT molecular complexity index is 617. The minimum absolute atomic E-state index is 0.132. The fourth-order valence-corrected chi connectivity index (χ4v) is 2.93. The van der Waals surface area contributed by atoms with E-state index >= 15 is 0 Å². The van der Waals surface area contributed by atoms with Crippen molar-refractivity contribution in [1.82, 2.24) is 0 Å². The van der Waals surface area contributed by atoms with Gasteiger partial charge in [-0.1, -0.05) is 0 Å². The van der Waals surface area contributed by atoms with E-state index in [0.29, 0.717) is 0 Å². The lowest BCUT2D eigenvalue weighted by atomic mass is 10.2. The first-order valence-electron chi connectivity index (χ1n) is 6.06. The number of nitrogens with zero attached hydrogens (tertiary/aromatic N) is 1. The molecule has 0 fully saturated rings. The van der Waals surface area contributed by atoms with Crippen molar-refractivity contribution in [2.75, 3.05) is 24.3 Å². The Morgan fingerprint density at radius 2 is 1.90 bits per heavy atom. The quantitative estimate of drug-likeness (QED) is 0.836. The monoisotopic (exact) mass is 350 g/mol. The second kappa shape index (κ2) is 6.72. The van der Waals surface area contributed by atoms with Crippen LogP contribution in [0.1, 0.15) is 4.88 Å². The number of carbonyl (C=O) groups is 1. The average molecular weight is 351 g/mol. The zero-order chi connectivity index (χ0) is 14.5. The Hall–Kier alpha value is -1.59. The minimum atomic E-state index is -0.132. The van der Waals surface area contributed by atoms with Gasteiger partial charge >= 0.3 is 0 Å². The van der Waals surface area contributed by atoms with Gasteiger partial charge < -0.3 is 10.2 Å². The van der Waals surface area contributed by atoms with Crippen molar-refractivity contribution >= 4 is 50.6 Å². The molecule has 0 aliphatic heterocycles. The summed E-state index contributed by atoms with van der Waals surface area (Å²) >= 11 is 4.98. The highest BCUT2D eigenvalue weighted by atomic mass is 79.9. The van der Waals surface area contributed by atoms with E-state index in [9.17, 15) is 4.79 Å². The van der Waals surface area contributed by atoms with E-state index < -0.39 is 0 Å². The molecule has 2 aromatic rings. The summed E-state index contributed by atoms with van der Waals surface area (Å²) in [5.74, 6) is -0.132. The Morgan fingerprint density at radius 3 is 2.45 bits per heavy atom. The minimum Gasteiger partial charge on any atom is -0.378 e. The lowest BCUT2D eigenvalue weighted by Crippen LogP contribution is -2.10. The predicted octanol–water partition coefficient (Wildman–Crippen LogP) is 4.23. The molecule has 1 N–H and O–H groups in total. The van der Waals surface area contributed by atoms with Gasteiger partial charge in [0.1, 0.15) is 0 Å². The van der Waals surface area contributed by atoms with Crippen molar-refractivity contribution in [2.24, 2.45) is 0 Å². The first-order valence-corrected chi connectivity index (χ1v) is 7.67. The summed E-state index contributed by atoms with van der Waals surface area (Å²) in [5.41, 5.74) is 1.89. The molecule has 3 nitrogen and oxygen atoms in total. The van der Waals surface area contributed by atoms with Crippen LogP contribution in [0.25, 0.3) is 6.08 Å². The number of benzene rings is 1. The van der Waals surface area contributed by atoms with Crippen LogP contribution in [-0.4, -0.2) is 20.0 Å². The number of hydrogen-bond acceptors (Lipinski definition) is 3. The number of anilines is 2. The van der Waals surface area contributed by atoms with Crippen LogP contribution in [0.15, 0.2) is 46.3 Å². The number of amides is 1. The molecule has 0 aliphatic rings. The molecule has 2 rings (SSSR count). The number of carbonyl (C=O) groups excluding carboxylic acids is 1. The zero-order valence-corrected chi connectivity index (χ0v) is 13.7. The summed E-state index contributed by atoms with van der Waals surface area (Å²) in [6, 6.07) is 11.6. The SMILES string of the molecule is CN(C)c1ccc(NC(=O)/C=C/c2ccc(Br)s2)cc1. The van der Waals surface area contributed by atoms with Crippen LogP contribution >= 0.6 is 27.3 Å². The summed E-state index contributed by atoms with van der Waals surface area (Å²) in [6.07, 6.45) is 3.34. The lowest BCUT2D eigenvalue weighted by molar-refractivity contribution is -0.111. The van der Waals surface area contributed by atoms with Crippen molar-refractivity contribution in [3.8, 4) is 0 Å². The standard InChI is InChI=1S/C15H15BrN2OS/c1-18(2)12-5-3-11(4-6-12)17-15(19)10-8-13-7-9-14(16)20-13/h3-10H,1-2H3,(H,17,19)/b10-8+. The van der Waals surface area contributed by atoms with Crippen molar-refractivity contribution in [3.63, 3.8) is 0 Å². The van der Waals surface area contributed by atoms with Gasteiger partial charge in [0.25, 0.3) is 0 Å². The molecule has 0 saturated carbocycles. The van der Waals surface area contributed by atoms with E-state index in [1.165, 1.54) is 6.08 Å². The normalized spacial score (nSPS) is 10.8. The van der Waals surface area contributed by atoms with E-state index in [-0.39, 0.29) is 5.91 Å². The highest BCUT2D eigenvalue weighted by Crippen LogP contribution is 2.23. The third-order valence-corrected chi connectivity index (χ3v) is 4.23. The zero-order valence-electron chi connectivity index (χ0n) is 11.3. The molecule has 1 heterocycles. The first-order chi connectivity index (χ1) is 9.54. The average Bonchev–Trinajstić information content (AvgIpc) is 2.83. The predicted molar refractivity (Wildman–Crippen MR) is 90.5 cm³/mol. The summed E-state index contributed by atoms with van der Waals surface area (Å²) in [4.78, 5) is 14.8. The lowest BCUT2D eigenvalue weighted by Gasteiger charge is -2.12. The van der Waals surface area contributed by atoms with Crippen LogP contribution in [0.3, 0.4) is 0 Å². The maximum absolute atomic E-state index is 11.8. The molecule has 0 saturated heterocycles. The number of hydrogen-bond donors (Lipinski definition) is 1. The van der Waals surface area contributed by atoms with Crippen molar-refractivity contribution in [2.45, 2.75) is 0 Å². The highest BCUT2D eigenvalue weighted by Gasteiger charge is 2.00. The second-order valence-corrected chi connectivity index (χ2v) is 6.90. The van der Waals surface area contributed by atoms with E-state index in [4.69, 9.17) is 0 Å². The Balaban J connectivity index is 1.95. The van der Waals surface area contributed by atoms with Crippen LogP contribution in [0, 0.1) is 0 Å².